The van der Waals surface area contributed by atoms with Gasteiger partial charge in [0.25, 0.3) is 0 Å². The summed E-state index contributed by atoms with van der Waals surface area (Å²) in [5.74, 6) is 0. The maximum atomic E-state index is 10.0. The molecule has 0 aliphatic rings. The summed E-state index contributed by atoms with van der Waals surface area (Å²) < 4.78 is 0. The third-order valence-corrected chi connectivity index (χ3v) is 10.9. The second-order valence-electron chi connectivity index (χ2n) is 13.6. The molecule has 0 aromatic carbocycles. The van der Waals surface area contributed by atoms with E-state index >= 15 is 0 Å². The zero-order valence-corrected chi connectivity index (χ0v) is 38.7. The fourth-order valence-corrected chi connectivity index (χ4v) is 5.35. The van der Waals surface area contributed by atoms with Gasteiger partial charge in [0.15, 0.2) is 0 Å². The molecule has 0 spiro atoms. The predicted octanol–water partition coefficient (Wildman–Crippen LogP) is 7.51. The van der Waals surface area contributed by atoms with Crippen molar-refractivity contribution in [1.82, 2.24) is 19.6 Å². The van der Waals surface area contributed by atoms with Crippen LogP contribution in [0.4, 0.5) is 0 Å². The molecule has 0 fully saturated rings. The van der Waals surface area contributed by atoms with E-state index in [1.54, 1.807) is 0 Å². The summed E-state index contributed by atoms with van der Waals surface area (Å²) >= 11 is 0. The van der Waals surface area contributed by atoms with Crippen LogP contribution in [0.1, 0.15) is 162 Å². The quantitative estimate of drug-likeness (QED) is 0.0800. The van der Waals surface area contributed by atoms with E-state index in [0.29, 0.717) is 0 Å². The van der Waals surface area contributed by atoms with Crippen LogP contribution in [-0.4, -0.2) is 141 Å². The first kappa shape index (κ1) is 58.9. The molecule has 0 atom stereocenters. The monoisotopic (exact) mass is 783 g/mol. The van der Waals surface area contributed by atoms with Crippen LogP contribution in [0.2, 0.25) is 0 Å². The van der Waals surface area contributed by atoms with Crippen LogP contribution in [0.25, 0.3) is 0 Å². The van der Waals surface area contributed by atoms with Gasteiger partial charge in [-0.3, -0.25) is 0 Å². The van der Waals surface area contributed by atoms with Gasteiger partial charge < -0.3 is 40.0 Å². The van der Waals surface area contributed by atoms with Crippen molar-refractivity contribution in [2.24, 2.45) is 0 Å². The Morgan fingerprint density at radius 2 is 0.367 bits per heavy atom. The normalized spacial score (nSPS) is 12.2. The van der Waals surface area contributed by atoms with E-state index in [-0.39, 0.29) is 26.2 Å². The van der Waals surface area contributed by atoms with Crippen molar-refractivity contribution in [2.45, 2.75) is 185 Å². The van der Waals surface area contributed by atoms with Crippen LogP contribution in [-0.2, 0) is 26.2 Å². The minimum Gasteiger partial charge on any atom is -0.389 e. The second kappa shape index (κ2) is 34.3. The van der Waals surface area contributed by atoms with Gasteiger partial charge >= 0.3 is 0 Å². The summed E-state index contributed by atoms with van der Waals surface area (Å²) in [5.41, 5.74) is -1.86. The Balaban J connectivity index is -0.000000174. The fourth-order valence-electron chi connectivity index (χ4n) is 5.35. The van der Waals surface area contributed by atoms with Crippen LogP contribution in [0.5, 0.6) is 0 Å². The van der Waals surface area contributed by atoms with Crippen molar-refractivity contribution < 1.29 is 46.6 Å². The summed E-state index contributed by atoms with van der Waals surface area (Å²) in [4.78, 5) is 9.08. The zero-order chi connectivity index (χ0) is 38.5. The van der Waals surface area contributed by atoms with Gasteiger partial charge in [0, 0.05) is 52.4 Å². The van der Waals surface area contributed by atoms with Gasteiger partial charge in [-0.15, -0.1) is 0 Å². The average Bonchev–Trinajstić information content (AvgIpc) is 3.14. The molecule has 0 bridgehead atoms. The zero-order valence-electron chi connectivity index (χ0n) is 36.2. The first-order valence-electron chi connectivity index (χ1n) is 20.2. The van der Waals surface area contributed by atoms with Gasteiger partial charge in [-0.2, -0.15) is 0 Å². The minimum absolute atomic E-state index is 0. The van der Waals surface area contributed by atoms with Gasteiger partial charge in [-0.05, 0) is 104 Å². The molecular weight excluding hydrogens is 692 g/mol. The molecule has 0 rings (SSSR count). The molecule has 300 valence electrons. The van der Waals surface area contributed by atoms with Crippen molar-refractivity contribution in [3.05, 3.63) is 0 Å². The molecule has 0 aromatic rings. The van der Waals surface area contributed by atoms with Crippen LogP contribution in [0, 0.1) is 0 Å². The maximum Gasteiger partial charge on any atom is 0.0768 e. The molecule has 0 amide bonds. The Morgan fingerprint density at radius 1 is 0.265 bits per heavy atom. The molecule has 0 aromatic heterocycles. The first-order valence-corrected chi connectivity index (χ1v) is 20.2. The van der Waals surface area contributed by atoms with E-state index in [4.69, 9.17) is 0 Å². The van der Waals surface area contributed by atoms with E-state index in [1.165, 1.54) is 0 Å². The van der Waals surface area contributed by atoms with Crippen molar-refractivity contribution in [2.75, 3.05) is 78.5 Å². The van der Waals surface area contributed by atoms with E-state index < -0.39 is 22.4 Å². The number of rotatable bonds is 24. The average molecular weight is 784 g/mol. The SMILES string of the molecule is CCN(CC)CC(O)(CC)CC.CCN(CC)CC(O)(CC)CC.CCN(CC)CC(O)(CC)CC.CCN(CC)CC(O)(CC)CC.[Zr]. The summed E-state index contributed by atoms with van der Waals surface area (Å²) in [6.07, 6.45) is 6.78. The Morgan fingerprint density at radius 3 is 0.429 bits per heavy atom. The van der Waals surface area contributed by atoms with Gasteiger partial charge in [-0.25, -0.2) is 0 Å². The van der Waals surface area contributed by atoms with Crippen LogP contribution >= 0.6 is 0 Å². The second-order valence-corrected chi connectivity index (χ2v) is 13.6. The molecule has 0 aliphatic heterocycles. The largest absolute Gasteiger partial charge is 0.389 e. The molecular formula is C40H92N4O4Zr. The summed E-state index contributed by atoms with van der Waals surface area (Å²) in [6.45, 7) is 44.9. The third-order valence-electron chi connectivity index (χ3n) is 10.9. The Labute approximate surface area is 327 Å². The number of hydrogen-bond donors (Lipinski definition) is 4. The molecule has 0 heterocycles. The Bertz CT molecular complexity index is 545. The van der Waals surface area contributed by atoms with Crippen molar-refractivity contribution >= 4 is 0 Å². The maximum absolute atomic E-state index is 10.0. The first-order chi connectivity index (χ1) is 22.5. The molecule has 9 heteroatoms. The molecule has 8 nitrogen and oxygen atoms in total. The molecule has 0 aliphatic carbocycles. The topological polar surface area (TPSA) is 93.9 Å². The van der Waals surface area contributed by atoms with E-state index in [2.05, 4.69) is 75.0 Å². The summed E-state index contributed by atoms with van der Waals surface area (Å²) in [6, 6.07) is 0. The van der Waals surface area contributed by atoms with Gasteiger partial charge in [0.2, 0.25) is 0 Å². The smallest absolute Gasteiger partial charge is 0.0768 e. The van der Waals surface area contributed by atoms with Crippen molar-refractivity contribution in [3.63, 3.8) is 0 Å². The number of likely N-dealkylation sites (N-methyl/N-ethyl adjacent to an activating group) is 4. The van der Waals surface area contributed by atoms with E-state index in [1.807, 2.05) is 55.4 Å². The van der Waals surface area contributed by atoms with E-state index in [0.717, 1.165) is 130 Å². The minimum atomic E-state index is -0.466. The molecule has 0 radical (unpaired) electrons. The standard InChI is InChI=1S/4C10H23NO.Zr/c4*1-5-10(12,6-2)9-11(7-3)8-4;/h4*12H,5-9H2,1-4H3;. The number of aliphatic hydroxyl groups is 4. The van der Waals surface area contributed by atoms with Crippen LogP contribution in [0.3, 0.4) is 0 Å². The molecule has 49 heavy (non-hydrogen) atoms. The fraction of sp³-hybridized carbons (Fsp3) is 1.00. The molecule has 0 unspecified atom stereocenters. The summed E-state index contributed by atoms with van der Waals surface area (Å²) in [7, 11) is 0. The van der Waals surface area contributed by atoms with E-state index in [9.17, 15) is 20.4 Å². The molecule has 4 N–H and O–H groups in total. The third kappa shape index (κ3) is 28.7. The van der Waals surface area contributed by atoms with Gasteiger partial charge in [0.05, 0.1) is 22.4 Å². The Hall–Kier alpha value is 0.563. The molecule has 0 saturated heterocycles. The van der Waals surface area contributed by atoms with Gasteiger partial charge in [0.1, 0.15) is 0 Å². The van der Waals surface area contributed by atoms with Crippen molar-refractivity contribution in [3.8, 4) is 0 Å². The number of nitrogens with zero attached hydrogens (tertiary/aromatic N) is 4. The predicted molar refractivity (Wildman–Crippen MR) is 213 cm³/mol. The number of hydrogen-bond acceptors (Lipinski definition) is 8. The van der Waals surface area contributed by atoms with Crippen molar-refractivity contribution in [1.29, 1.82) is 0 Å². The molecule has 0 saturated carbocycles. The Kier molecular flexibility index (Phi) is 41.2. The summed E-state index contributed by atoms with van der Waals surface area (Å²) in [5, 5.41) is 40.1. The van der Waals surface area contributed by atoms with Crippen LogP contribution in [0.15, 0.2) is 0 Å². The van der Waals surface area contributed by atoms with Crippen LogP contribution < -0.4 is 0 Å². The van der Waals surface area contributed by atoms with Gasteiger partial charge in [-0.1, -0.05) is 111 Å².